The molecular formula is C22H20N4O3. The molecule has 0 unspecified atom stereocenters. The van der Waals surface area contributed by atoms with Crippen molar-refractivity contribution in [2.75, 3.05) is 26.3 Å². The fraction of sp³-hybridized carbons (Fsp3) is 0.227. The van der Waals surface area contributed by atoms with Gasteiger partial charge in [0.1, 0.15) is 5.52 Å². The van der Waals surface area contributed by atoms with Crippen molar-refractivity contribution in [2.45, 2.75) is 6.54 Å². The van der Waals surface area contributed by atoms with Crippen LogP contribution in [0.3, 0.4) is 0 Å². The first-order chi connectivity index (χ1) is 14.2. The zero-order valence-electron chi connectivity index (χ0n) is 15.8. The summed E-state index contributed by atoms with van der Waals surface area (Å²) in [5.41, 5.74) is 3.63. The number of aromatic nitrogens is 3. The number of rotatable bonds is 3. The first-order valence-corrected chi connectivity index (χ1v) is 9.63. The van der Waals surface area contributed by atoms with E-state index >= 15 is 0 Å². The largest absolute Gasteiger partial charge is 0.378 e. The Kier molecular flexibility index (Phi) is 4.37. The second kappa shape index (κ2) is 7.18. The van der Waals surface area contributed by atoms with Gasteiger partial charge in [-0.15, -0.1) is 0 Å². The Morgan fingerprint density at radius 1 is 1.00 bits per heavy atom. The van der Waals surface area contributed by atoms with Gasteiger partial charge in [-0.25, -0.2) is 4.98 Å². The molecule has 0 atom stereocenters. The number of fused-ring (bicyclic) bond motifs is 3. The van der Waals surface area contributed by atoms with Crippen molar-refractivity contribution in [1.82, 2.24) is 18.9 Å². The molecule has 1 fully saturated rings. The van der Waals surface area contributed by atoms with Crippen molar-refractivity contribution in [2.24, 2.45) is 0 Å². The highest BCUT2D eigenvalue weighted by Gasteiger charge is 2.18. The number of pyridine rings is 1. The topological polar surface area (TPSA) is 68.8 Å². The molecule has 5 rings (SSSR count). The van der Waals surface area contributed by atoms with Crippen molar-refractivity contribution in [3.05, 3.63) is 82.4 Å². The maximum absolute atomic E-state index is 13.0. The summed E-state index contributed by atoms with van der Waals surface area (Å²) >= 11 is 0. The van der Waals surface area contributed by atoms with Gasteiger partial charge in [-0.1, -0.05) is 12.1 Å². The predicted molar refractivity (Wildman–Crippen MR) is 109 cm³/mol. The van der Waals surface area contributed by atoms with Crippen LogP contribution in [0.25, 0.3) is 16.7 Å². The van der Waals surface area contributed by atoms with E-state index in [1.165, 1.54) is 0 Å². The Labute approximate surface area is 166 Å². The molecule has 1 aliphatic heterocycles. The molecule has 1 aromatic carbocycles. The molecule has 0 spiro atoms. The molecule has 1 amide bonds. The van der Waals surface area contributed by atoms with Crippen molar-refractivity contribution >= 4 is 22.6 Å². The lowest BCUT2D eigenvalue weighted by atomic mass is 10.1. The first-order valence-electron chi connectivity index (χ1n) is 9.63. The molecule has 4 heterocycles. The number of carbonyl (C=O) groups is 1. The van der Waals surface area contributed by atoms with E-state index in [1.807, 2.05) is 59.1 Å². The number of amides is 1. The lowest BCUT2D eigenvalue weighted by Crippen LogP contribution is -2.40. The maximum atomic E-state index is 13.0. The fourth-order valence-corrected chi connectivity index (χ4v) is 3.82. The van der Waals surface area contributed by atoms with Gasteiger partial charge in [0.2, 0.25) is 0 Å². The van der Waals surface area contributed by atoms with Gasteiger partial charge in [0, 0.05) is 31.0 Å². The van der Waals surface area contributed by atoms with E-state index in [0.29, 0.717) is 49.6 Å². The third-order valence-corrected chi connectivity index (χ3v) is 5.33. The third-order valence-electron chi connectivity index (χ3n) is 5.33. The van der Waals surface area contributed by atoms with E-state index in [4.69, 9.17) is 4.74 Å². The third kappa shape index (κ3) is 3.09. The van der Waals surface area contributed by atoms with Crippen LogP contribution >= 0.6 is 0 Å². The molecular weight excluding hydrogens is 368 g/mol. The van der Waals surface area contributed by atoms with Gasteiger partial charge in [0.25, 0.3) is 11.5 Å². The van der Waals surface area contributed by atoms with Crippen molar-refractivity contribution in [3.8, 4) is 0 Å². The van der Waals surface area contributed by atoms with E-state index in [0.717, 1.165) is 11.1 Å². The summed E-state index contributed by atoms with van der Waals surface area (Å²) in [5, 5.41) is 0. The van der Waals surface area contributed by atoms with Gasteiger partial charge in [-0.3, -0.25) is 14.2 Å². The monoisotopic (exact) mass is 388 g/mol. The minimum absolute atomic E-state index is 0.0127. The molecule has 146 valence electrons. The van der Waals surface area contributed by atoms with Gasteiger partial charge in [-0.2, -0.15) is 0 Å². The molecule has 0 radical (unpaired) electrons. The Bertz CT molecular complexity index is 1250. The molecule has 3 aromatic heterocycles. The molecule has 0 aliphatic carbocycles. The number of morpholine rings is 1. The van der Waals surface area contributed by atoms with Crippen LogP contribution in [-0.2, 0) is 11.3 Å². The predicted octanol–water partition coefficient (Wildman–Crippen LogP) is 2.17. The van der Waals surface area contributed by atoms with Crippen LogP contribution in [0, 0.1) is 0 Å². The molecule has 7 nitrogen and oxygen atoms in total. The second-order valence-corrected chi connectivity index (χ2v) is 7.10. The van der Waals surface area contributed by atoms with Crippen molar-refractivity contribution < 1.29 is 9.53 Å². The van der Waals surface area contributed by atoms with E-state index in [9.17, 15) is 9.59 Å². The summed E-state index contributed by atoms with van der Waals surface area (Å²) in [6, 6.07) is 14.9. The Morgan fingerprint density at radius 2 is 1.76 bits per heavy atom. The Morgan fingerprint density at radius 3 is 2.55 bits per heavy atom. The Hall–Kier alpha value is -3.45. The molecule has 29 heavy (non-hydrogen) atoms. The first kappa shape index (κ1) is 17.6. The van der Waals surface area contributed by atoms with Crippen LogP contribution in [0.5, 0.6) is 0 Å². The van der Waals surface area contributed by atoms with Crippen molar-refractivity contribution in [1.29, 1.82) is 0 Å². The van der Waals surface area contributed by atoms with Gasteiger partial charge in [-0.05, 0) is 42.0 Å². The average Bonchev–Trinajstić information content (AvgIpc) is 3.28. The van der Waals surface area contributed by atoms with Crippen LogP contribution in [0.1, 0.15) is 15.9 Å². The van der Waals surface area contributed by atoms with E-state index in [2.05, 4.69) is 4.98 Å². The number of nitrogens with zero attached hydrogens (tertiary/aromatic N) is 4. The zero-order valence-corrected chi connectivity index (χ0v) is 15.8. The average molecular weight is 388 g/mol. The fourth-order valence-electron chi connectivity index (χ4n) is 3.82. The SMILES string of the molecule is O=C(c1ccc(Cn2c(=O)c3cccn3c3cccnc32)cc1)N1CCOCC1. The summed E-state index contributed by atoms with van der Waals surface area (Å²) in [6.45, 7) is 2.78. The highest BCUT2D eigenvalue weighted by Crippen LogP contribution is 2.15. The standard InChI is InChI=1S/C22H20N4O3/c27-21(24-11-13-29-14-12-24)17-7-5-16(6-8-17)15-26-20-18(3-1-9-23-20)25-10-2-4-19(25)22(26)28/h1-10H,11-15H2. The number of benzene rings is 1. The lowest BCUT2D eigenvalue weighted by Gasteiger charge is -2.26. The molecule has 0 saturated carbocycles. The molecule has 1 saturated heterocycles. The van der Waals surface area contributed by atoms with Gasteiger partial charge < -0.3 is 14.0 Å². The van der Waals surface area contributed by atoms with Crippen LogP contribution in [0.15, 0.2) is 65.7 Å². The molecule has 1 aliphatic rings. The van der Waals surface area contributed by atoms with E-state index in [-0.39, 0.29) is 11.5 Å². The number of ether oxygens (including phenoxy) is 1. The smallest absolute Gasteiger partial charge is 0.276 e. The minimum Gasteiger partial charge on any atom is -0.378 e. The molecule has 7 heteroatoms. The van der Waals surface area contributed by atoms with Crippen molar-refractivity contribution in [3.63, 3.8) is 0 Å². The zero-order chi connectivity index (χ0) is 19.8. The van der Waals surface area contributed by atoms with Crippen LogP contribution in [0.4, 0.5) is 0 Å². The summed E-state index contributed by atoms with van der Waals surface area (Å²) in [6.07, 6.45) is 3.56. The van der Waals surface area contributed by atoms with Gasteiger partial charge in [0.15, 0.2) is 5.65 Å². The number of hydrogen-bond donors (Lipinski definition) is 0. The highest BCUT2D eigenvalue weighted by molar-refractivity contribution is 5.94. The lowest BCUT2D eigenvalue weighted by molar-refractivity contribution is 0.0303. The normalized spacial score (nSPS) is 14.6. The van der Waals surface area contributed by atoms with Crippen LogP contribution in [0.2, 0.25) is 0 Å². The minimum atomic E-state index is -0.0883. The quantitative estimate of drug-likeness (QED) is 0.539. The molecule has 0 N–H and O–H groups in total. The maximum Gasteiger partial charge on any atom is 0.276 e. The second-order valence-electron chi connectivity index (χ2n) is 7.10. The number of hydrogen-bond acceptors (Lipinski definition) is 4. The van der Waals surface area contributed by atoms with E-state index in [1.54, 1.807) is 15.7 Å². The summed E-state index contributed by atoms with van der Waals surface area (Å²) < 4.78 is 8.86. The summed E-state index contributed by atoms with van der Waals surface area (Å²) in [4.78, 5) is 31.9. The molecule has 0 bridgehead atoms. The highest BCUT2D eigenvalue weighted by atomic mass is 16.5. The summed E-state index contributed by atoms with van der Waals surface area (Å²) in [7, 11) is 0. The number of carbonyl (C=O) groups excluding carboxylic acids is 1. The van der Waals surface area contributed by atoms with Crippen LogP contribution in [-0.4, -0.2) is 51.1 Å². The van der Waals surface area contributed by atoms with Gasteiger partial charge >= 0.3 is 0 Å². The molecule has 4 aromatic rings. The van der Waals surface area contributed by atoms with E-state index < -0.39 is 0 Å². The Balaban J connectivity index is 1.48. The summed E-state index contributed by atoms with van der Waals surface area (Å²) in [5.74, 6) is 0.0127. The van der Waals surface area contributed by atoms with Gasteiger partial charge in [0.05, 0.1) is 25.3 Å². The van der Waals surface area contributed by atoms with Crippen LogP contribution < -0.4 is 5.56 Å².